The summed E-state index contributed by atoms with van der Waals surface area (Å²) in [5.41, 5.74) is 1.32. The number of rotatable bonds is 7. The molecule has 0 N–H and O–H groups in total. The molecule has 39 heavy (non-hydrogen) atoms. The molecule has 2 heterocycles. The quantitative estimate of drug-likeness (QED) is 0.464. The van der Waals surface area contributed by atoms with Gasteiger partial charge in [0.2, 0.25) is 12.7 Å². The van der Waals surface area contributed by atoms with Gasteiger partial charge in [0.25, 0.3) is 0 Å². The molecule has 1 atom stereocenters. The van der Waals surface area contributed by atoms with Crippen molar-refractivity contribution in [2.45, 2.75) is 63.7 Å². The van der Waals surface area contributed by atoms with Crippen molar-refractivity contribution >= 4 is 5.91 Å². The molecular formula is C30H38F3N3O3. The highest BCUT2D eigenvalue weighted by Gasteiger charge is 2.35. The molecule has 0 spiro atoms. The number of fused-ring (bicyclic) bond motifs is 1. The summed E-state index contributed by atoms with van der Waals surface area (Å²) >= 11 is 0. The summed E-state index contributed by atoms with van der Waals surface area (Å²) < 4.78 is 51.1. The number of benzene rings is 2. The Morgan fingerprint density at radius 2 is 1.72 bits per heavy atom. The van der Waals surface area contributed by atoms with Crippen LogP contribution in [0.2, 0.25) is 0 Å². The Hall–Kier alpha value is -2.78. The average Bonchev–Trinajstić information content (AvgIpc) is 3.40. The lowest BCUT2D eigenvalue weighted by atomic mass is 9.93. The Morgan fingerprint density at radius 3 is 2.44 bits per heavy atom. The van der Waals surface area contributed by atoms with Gasteiger partial charge < -0.3 is 14.4 Å². The maximum atomic E-state index is 14.0. The summed E-state index contributed by atoms with van der Waals surface area (Å²) in [4.78, 5) is 20.4. The molecule has 212 valence electrons. The number of halogens is 3. The molecule has 2 fully saturated rings. The minimum atomic E-state index is -4.40. The average molecular weight is 546 g/mol. The highest BCUT2D eigenvalue weighted by atomic mass is 19.4. The SMILES string of the molecule is Cc1cc(CCN(C)C(=O)C(c2ccc3c(c2)OCO3)N2CCN(C3CCCCC3)CC2)cc(C(F)(F)F)c1. The van der Waals surface area contributed by atoms with Crippen LogP contribution >= 0.6 is 0 Å². The lowest BCUT2D eigenvalue weighted by Crippen LogP contribution is -2.54. The van der Waals surface area contributed by atoms with E-state index in [1.807, 2.05) is 18.2 Å². The fourth-order valence-corrected chi connectivity index (χ4v) is 6.19. The molecule has 2 aliphatic heterocycles. The van der Waals surface area contributed by atoms with Crippen LogP contribution in [0.5, 0.6) is 11.5 Å². The zero-order valence-corrected chi connectivity index (χ0v) is 22.8. The van der Waals surface area contributed by atoms with Crippen molar-refractivity contribution in [3.63, 3.8) is 0 Å². The molecule has 0 radical (unpaired) electrons. The first kappa shape index (κ1) is 27.8. The number of alkyl halides is 3. The van der Waals surface area contributed by atoms with Crippen molar-refractivity contribution in [2.24, 2.45) is 0 Å². The third-order valence-corrected chi connectivity index (χ3v) is 8.33. The van der Waals surface area contributed by atoms with E-state index in [4.69, 9.17) is 9.47 Å². The van der Waals surface area contributed by atoms with Crippen molar-refractivity contribution < 1.29 is 27.4 Å². The Kier molecular flexibility index (Phi) is 8.38. The Labute approximate surface area is 228 Å². The van der Waals surface area contributed by atoms with Crippen molar-refractivity contribution in [3.8, 4) is 11.5 Å². The molecule has 2 aromatic carbocycles. The van der Waals surface area contributed by atoms with E-state index in [-0.39, 0.29) is 12.7 Å². The van der Waals surface area contributed by atoms with E-state index in [2.05, 4.69) is 9.80 Å². The number of hydrogen-bond donors (Lipinski definition) is 0. The van der Waals surface area contributed by atoms with Gasteiger partial charge in [0.15, 0.2) is 11.5 Å². The zero-order chi connectivity index (χ0) is 27.6. The summed E-state index contributed by atoms with van der Waals surface area (Å²) in [7, 11) is 1.74. The Bertz CT molecular complexity index is 1160. The number of piperazine rings is 1. The van der Waals surface area contributed by atoms with Crippen LogP contribution in [-0.4, -0.2) is 73.2 Å². The molecular weight excluding hydrogens is 507 g/mol. The van der Waals surface area contributed by atoms with E-state index in [1.165, 1.54) is 38.2 Å². The highest BCUT2D eigenvalue weighted by molar-refractivity contribution is 5.83. The molecule has 6 nitrogen and oxygen atoms in total. The first-order chi connectivity index (χ1) is 18.7. The number of carbonyl (C=O) groups is 1. The second-order valence-electron chi connectivity index (χ2n) is 11.1. The molecule has 0 aromatic heterocycles. The lowest BCUT2D eigenvalue weighted by molar-refractivity contribution is -0.138. The summed E-state index contributed by atoms with van der Waals surface area (Å²) in [6.45, 7) is 5.55. The molecule has 1 unspecified atom stereocenters. The number of carbonyl (C=O) groups excluding carboxylic acids is 1. The van der Waals surface area contributed by atoms with Crippen LogP contribution in [0.25, 0.3) is 0 Å². The van der Waals surface area contributed by atoms with Gasteiger partial charge in [-0.05, 0) is 61.6 Å². The second kappa shape index (κ2) is 11.8. The molecule has 1 amide bonds. The second-order valence-corrected chi connectivity index (χ2v) is 11.1. The molecule has 3 aliphatic rings. The largest absolute Gasteiger partial charge is 0.454 e. The van der Waals surface area contributed by atoms with Gasteiger partial charge >= 0.3 is 6.18 Å². The minimum absolute atomic E-state index is 0.0660. The summed E-state index contributed by atoms with van der Waals surface area (Å²) in [6.07, 6.45) is 2.36. The third-order valence-electron chi connectivity index (χ3n) is 8.33. The van der Waals surface area contributed by atoms with Crippen molar-refractivity contribution in [1.82, 2.24) is 14.7 Å². The van der Waals surface area contributed by atoms with Gasteiger partial charge in [-0.15, -0.1) is 0 Å². The highest BCUT2D eigenvalue weighted by Crippen LogP contribution is 2.37. The van der Waals surface area contributed by atoms with E-state index < -0.39 is 17.8 Å². The monoisotopic (exact) mass is 545 g/mol. The standard InChI is InChI=1S/C30H38F3N3O3/c1-21-16-22(18-24(17-21)30(31,32)33)10-11-34(2)29(37)28(23-8-9-26-27(19-23)39-20-38-26)36-14-12-35(13-15-36)25-6-4-3-5-7-25/h8-9,16-19,25,28H,3-7,10-15,20H2,1-2H3. The van der Waals surface area contributed by atoms with Crippen LogP contribution < -0.4 is 9.47 Å². The van der Waals surface area contributed by atoms with Gasteiger partial charge in [-0.1, -0.05) is 37.0 Å². The smallest absolute Gasteiger partial charge is 0.416 e. The van der Waals surface area contributed by atoms with E-state index in [1.54, 1.807) is 24.9 Å². The Balaban J connectivity index is 1.31. The van der Waals surface area contributed by atoms with Gasteiger partial charge in [0.1, 0.15) is 6.04 Å². The predicted molar refractivity (Wildman–Crippen MR) is 143 cm³/mol. The molecule has 1 aliphatic carbocycles. The number of hydrogen-bond acceptors (Lipinski definition) is 5. The van der Waals surface area contributed by atoms with Crippen LogP contribution in [0.15, 0.2) is 36.4 Å². The molecule has 2 aromatic rings. The van der Waals surface area contributed by atoms with Crippen molar-refractivity contribution in [2.75, 3.05) is 46.6 Å². The fourth-order valence-electron chi connectivity index (χ4n) is 6.19. The van der Waals surface area contributed by atoms with Crippen LogP contribution in [0, 0.1) is 6.92 Å². The Morgan fingerprint density at radius 1 is 1.00 bits per heavy atom. The summed E-state index contributed by atoms with van der Waals surface area (Å²) in [6, 6.07) is 9.90. The van der Waals surface area contributed by atoms with Gasteiger partial charge in [-0.3, -0.25) is 14.6 Å². The van der Waals surface area contributed by atoms with Crippen LogP contribution in [-0.2, 0) is 17.4 Å². The summed E-state index contributed by atoms with van der Waals surface area (Å²) in [5, 5.41) is 0. The normalized spacial score (nSPS) is 19.7. The van der Waals surface area contributed by atoms with Gasteiger partial charge in [-0.25, -0.2) is 0 Å². The van der Waals surface area contributed by atoms with Gasteiger partial charge in [-0.2, -0.15) is 13.2 Å². The van der Waals surface area contributed by atoms with E-state index in [0.717, 1.165) is 37.8 Å². The van der Waals surface area contributed by atoms with Crippen LogP contribution in [0.4, 0.5) is 13.2 Å². The fraction of sp³-hybridized carbons (Fsp3) is 0.567. The number of aryl methyl sites for hydroxylation is 1. The number of likely N-dealkylation sites (N-methyl/N-ethyl adjacent to an activating group) is 1. The molecule has 0 bridgehead atoms. The van der Waals surface area contributed by atoms with E-state index in [0.29, 0.717) is 41.6 Å². The van der Waals surface area contributed by atoms with Gasteiger partial charge in [0.05, 0.1) is 5.56 Å². The third kappa shape index (κ3) is 6.52. The number of amides is 1. The molecule has 5 rings (SSSR count). The maximum Gasteiger partial charge on any atom is 0.416 e. The lowest BCUT2D eigenvalue weighted by Gasteiger charge is -2.43. The first-order valence-electron chi connectivity index (χ1n) is 14.0. The maximum absolute atomic E-state index is 14.0. The van der Waals surface area contributed by atoms with Crippen molar-refractivity contribution in [1.29, 1.82) is 0 Å². The molecule has 1 saturated carbocycles. The number of nitrogens with zero attached hydrogens (tertiary/aromatic N) is 3. The zero-order valence-electron chi connectivity index (χ0n) is 22.8. The van der Waals surface area contributed by atoms with E-state index in [9.17, 15) is 18.0 Å². The molecule has 1 saturated heterocycles. The number of ether oxygens (including phenoxy) is 2. The van der Waals surface area contributed by atoms with E-state index >= 15 is 0 Å². The first-order valence-corrected chi connectivity index (χ1v) is 14.0. The minimum Gasteiger partial charge on any atom is -0.454 e. The molecule has 9 heteroatoms. The van der Waals surface area contributed by atoms with Gasteiger partial charge in [0, 0.05) is 45.8 Å². The summed E-state index contributed by atoms with van der Waals surface area (Å²) in [5.74, 6) is 1.23. The topological polar surface area (TPSA) is 45.3 Å². The van der Waals surface area contributed by atoms with Crippen LogP contribution in [0.3, 0.4) is 0 Å². The van der Waals surface area contributed by atoms with Crippen molar-refractivity contribution in [3.05, 3.63) is 58.7 Å². The van der Waals surface area contributed by atoms with Crippen LogP contribution in [0.1, 0.15) is 60.4 Å². The predicted octanol–water partition coefficient (Wildman–Crippen LogP) is 5.44.